The lowest BCUT2D eigenvalue weighted by atomic mass is 10.3. The minimum absolute atomic E-state index is 1.08. The monoisotopic (exact) mass is 171 g/mol. The third-order valence-corrected chi connectivity index (χ3v) is 1.34. The van der Waals surface area contributed by atoms with Gasteiger partial charge in [0.1, 0.15) is 0 Å². The molecule has 0 spiro atoms. The van der Waals surface area contributed by atoms with E-state index in [9.17, 15) is 0 Å². The van der Waals surface area contributed by atoms with Gasteiger partial charge in [-0.05, 0) is 12.2 Å². The van der Waals surface area contributed by atoms with Crippen molar-refractivity contribution in [1.29, 1.82) is 0 Å². The molecular weight excluding hydrogens is 166 g/mol. The molecule has 1 rings (SSSR count). The van der Waals surface area contributed by atoms with Crippen LogP contribution in [-0.4, -0.2) is 0 Å². The van der Waals surface area contributed by atoms with E-state index in [1.165, 1.54) is 0 Å². The Morgan fingerprint density at radius 3 is 2.75 bits per heavy atom. The van der Waals surface area contributed by atoms with Gasteiger partial charge in [0.25, 0.3) is 0 Å². The smallest absolute Gasteiger partial charge is 0.0449 e. The summed E-state index contributed by atoms with van der Waals surface area (Å²) >= 11 is 3.20. The zero-order chi connectivity index (χ0) is 5.82. The van der Waals surface area contributed by atoms with E-state index < -0.39 is 0 Å². The van der Waals surface area contributed by atoms with Crippen molar-refractivity contribution in [3.63, 3.8) is 0 Å². The van der Waals surface area contributed by atoms with Gasteiger partial charge >= 0.3 is 0 Å². The van der Waals surface area contributed by atoms with Crippen molar-refractivity contribution < 1.29 is 0 Å². The zero-order valence-corrected chi connectivity index (χ0v) is 5.85. The number of hydrogen-bond donors (Lipinski definition) is 1. The van der Waals surface area contributed by atoms with Gasteiger partial charge in [0.2, 0.25) is 0 Å². The molecule has 1 aliphatic rings. The summed E-state index contributed by atoms with van der Waals surface area (Å²) < 4.78 is 0. The second-order valence-corrected chi connectivity index (χ2v) is 1.88. The van der Waals surface area contributed by atoms with Gasteiger partial charge < -0.3 is 5.32 Å². The molecule has 0 amide bonds. The normalized spacial score (nSPS) is 21.4. The Morgan fingerprint density at radius 2 is 2.38 bits per heavy atom. The first-order valence-corrected chi connectivity index (χ1v) is 3.25. The van der Waals surface area contributed by atoms with Crippen LogP contribution in [0.5, 0.6) is 0 Å². The molecule has 0 fully saturated rings. The summed E-state index contributed by atoms with van der Waals surface area (Å²) in [6.07, 6.45) is 7.78. The van der Waals surface area contributed by atoms with Gasteiger partial charge in [-0.1, -0.05) is 22.0 Å². The summed E-state index contributed by atoms with van der Waals surface area (Å²) in [5.74, 6) is 0. The minimum atomic E-state index is 1.08. The van der Waals surface area contributed by atoms with Crippen LogP contribution in [0.3, 0.4) is 0 Å². The maximum Gasteiger partial charge on any atom is 0.0449 e. The molecule has 0 unspecified atom stereocenters. The summed E-state index contributed by atoms with van der Waals surface area (Å²) in [6, 6.07) is 0. The fourth-order valence-corrected chi connectivity index (χ4v) is 0.760. The summed E-state index contributed by atoms with van der Waals surface area (Å²) in [6.45, 7) is 0. The number of nitrogens with one attached hydrogen (secondary N) is 1. The number of halogens is 1. The largest absolute Gasteiger partial charge is 0.361 e. The molecule has 0 aromatic carbocycles. The van der Waals surface area contributed by atoms with Crippen molar-refractivity contribution in [3.8, 4) is 0 Å². The van der Waals surface area contributed by atoms with Crippen molar-refractivity contribution in [2.75, 3.05) is 0 Å². The van der Waals surface area contributed by atoms with Gasteiger partial charge in [0, 0.05) is 16.9 Å². The maximum atomic E-state index is 3.20. The van der Waals surface area contributed by atoms with E-state index in [4.69, 9.17) is 0 Å². The number of dihydropyridines is 1. The van der Waals surface area contributed by atoms with Crippen LogP contribution >= 0.6 is 15.9 Å². The van der Waals surface area contributed by atoms with E-state index in [1.807, 2.05) is 29.4 Å². The third-order valence-electron chi connectivity index (χ3n) is 0.851. The van der Waals surface area contributed by atoms with Crippen LogP contribution in [0, 0.1) is 0 Å². The van der Waals surface area contributed by atoms with Crippen LogP contribution < -0.4 is 5.32 Å². The van der Waals surface area contributed by atoms with Gasteiger partial charge in [0.05, 0.1) is 0 Å². The highest BCUT2D eigenvalue weighted by Crippen LogP contribution is 1.99. The molecule has 8 heavy (non-hydrogen) atoms. The highest BCUT2D eigenvalue weighted by Gasteiger charge is 1.86. The molecule has 1 N–H and O–H groups in total. The van der Waals surface area contributed by atoms with Crippen molar-refractivity contribution >= 4 is 15.9 Å². The Labute approximate surface area is 56.9 Å². The Balaban J connectivity index is 2.66. The van der Waals surface area contributed by atoms with E-state index in [0.717, 1.165) is 5.70 Å². The van der Waals surface area contributed by atoms with Crippen molar-refractivity contribution in [2.24, 2.45) is 0 Å². The van der Waals surface area contributed by atoms with E-state index >= 15 is 0 Å². The average Bonchev–Trinajstić information content (AvgIpc) is 1.90. The molecule has 0 atom stereocenters. The predicted molar refractivity (Wildman–Crippen MR) is 38.4 cm³/mol. The quantitative estimate of drug-likeness (QED) is 0.588. The van der Waals surface area contributed by atoms with Crippen LogP contribution in [0.2, 0.25) is 0 Å². The van der Waals surface area contributed by atoms with Crippen LogP contribution in [0.4, 0.5) is 0 Å². The topological polar surface area (TPSA) is 12.0 Å². The third kappa shape index (κ3) is 1.23. The molecule has 1 aliphatic heterocycles. The van der Waals surface area contributed by atoms with Gasteiger partial charge in [-0.2, -0.15) is 0 Å². The molecule has 0 aliphatic carbocycles. The Morgan fingerprint density at radius 1 is 1.50 bits per heavy atom. The highest BCUT2D eigenvalue weighted by atomic mass is 79.9. The summed E-state index contributed by atoms with van der Waals surface area (Å²) in [5.41, 5.74) is 1.08. The highest BCUT2D eigenvalue weighted by molar-refractivity contribution is 9.11. The molecular formula is C6H6BrN. The van der Waals surface area contributed by atoms with Crippen molar-refractivity contribution in [2.45, 2.75) is 0 Å². The van der Waals surface area contributed by atoms with E-state index in [2.05, 4.69) is 21.2 Å². The first kappa shape index (κ1) is 5.63. The molecule has 0 aromatic rings. The first-order valence-electron chi connectivity index (χ1n) is 2.33. The second-order valence-electron chi connectivity index (χ2n) is 1.43. The molecule has 0 saturated heterocycles. The van der Waals surface area contributed by atoms with Gasteiger partial charge in [-0.3, -0.25) is 0 Å². The second kappa shape index (κ2) is 2.72. The molecule has 0 bridgehead atoms. The van der Waals surface area contributed by atoms with Gasteiger partial charge in [-0.15, -0.1) is 0 Å². The predicted octanol–water partition coefficient (Wildman–Crippen LogP) is 1.90. The van der Waals surface area contributed by atoms with Crippen LogP contribution in [-0.2, 0) is 0 Å². The average molecular weight is 172 g/mol. The van der Waals surface area contributed by atoms with Crippen LogP contribution in [0.1, 0.15) is 0 Å². The van der Waals surface area contributed by atoms with Crippen LogP contribution in [0.15, 0.2) is 35.1 Å². The minimum Gasteiger partial charge on any atom is -0.361 e. The van der Waals surface area contributed by atoms with E-state index in [-0.39, 0.29) is 0 Å². The van der Waals surface area contributed by atoms with Crippen LogP contribution in [0.25, 0.3) is 0 Å². The number of hydrogen-bond acceptors (Lipinski definition) is 1. The first-order chi connectivity index (χ1) is 3.93. The number of rotatable bonds is 0. The Kier molecular flexibility index (Phi) is 1.92. The lowest BCUT2D eigenvalue weighted by Gasteiger charge is -2.01. The molecule has 1 nitrogen and oxygen atoms in total. The summed E-state index contributed by atoms with van der Waals surface area (Å²) in [7, 11) is 0. The lowest BCUT2D eigenvalue weighted by Crippen LogP contribution is -2.02. The molecule has 0 aromatic heterocycles. The Hall–Kier alpha value is -0.500. The molecule has 42 valence electrons. The SMILES string of the molecule is BrC=C1C=CC=CN1. The van der Waals surface area contributed by atoms with Gasteiger partial charge in [-0.25, -0.2) is 0 Å². The molecule has 2 heteroatoms. The Bertz CT molecular complexity index is 156. The molecule has 0 saturated carbocycles. The van der Waals surface area contributed by atoms with Crippen molar-refractivity contribution in [3.05, 3.63) is 35.1 Å². The standard InChI is InChI=1S/C6H6BrN/c7-5-6-3-1-2-4-8-6/h1-5,8H. The van der Waals surface area contributed by atoms with Crippen molar-refractivity contribution in [1.82, 2.24) is 5.32 Å². The lowest BCUT2D eigenvalue weighted by molar-refractivity contribution is 1.10. The fourth-order valence-electron chi connectivity index (χ4n) is 0.475. The van der Waals surface area contributed by atoms with Gasteiger partial charge in [0.15, 0.2) is 0 Å². The summed E-state index contributed by atoms with van der Waals surface area (Å²) in [4.78, 5) is 1.84. The summed E-state index contributed by atoms with van der Waals surface area (Å²) in [5, 5.41) is 3.02. The fraction of sp³-hybridized carbons (Fsp3) is 0. The zero-order valence-electron chi connectivity index (χ0n) is 4.26. The molecule has 1 heterocycles. The van der Waals surface area contributed by atoms with E-state index in [1.54, 1.807) is 0 Å². The molecule has 0 radical (unpaired) electrons. The maximum absolute atomic E-state index is 3.20. The number of allylic oxidation sites excluding steroid dienone is 3. The van der Waals surface area contributed by atoms with E-state index in [0.29, 0.717) is 0 Å².